The van der Waals surface area contributed by atoms with Gasteiger partial charge < -0.3 is 15.6 Å². The lowest BCUT2D eigenvalue weighted by atomic mass is 10.2. The van der Waals surface area contributed by atoms with Crippen molar-refractivity contribution < 1.29 is 18.3 Å². The largest absolute Gasteiger partial charge is 0.398 e. The molecule has 0 bridgehead atoms. The Labute approximate surface area is 126 Å². The van der Waals surface area contributed by atoms with Crippen LogP contribution in [0, 0.1) is 0 Å². The molecule has 8 heteroatoms. The molecule has 1 heterocycles. The van der Waals surface area contributed by atoms with Crippen LogP contribution in [0.3, 0.4) is 0 Å². The Morgan fingerprint density at radius 1 is 1.55 bits per heavy atom. The summed E-state index contributed by atoms with van der Waals surface area (Å²) in [6.45, 7) is 1.92. The van der Waals surface area contributed by atoms with Crippen LogP contribution in [0.25, 0.3) is 0 Å². The first kappa shape index (κ1) is 15.7. The highest BCUT2D eigenvalue weighted by molar-refractivity contribution is 9.10. The first-order valence-electron chi connectivity index (χ1n) is 6.15. The highest BCUT2D eigenvalue weighted by Gasteiger charge is 2.36. The number of aliphatic hydroxyl groups excluding tert-OH is 1. The molecule has 2 rings (SSSR count). The van der Waals surface area contributed by atoms with Gasteiger partial charge in [0.05, 0.1) is 25.0 Å². The van der Waals surface area contributed by atoms with Crippen LogP contribution in [0.2, 0.25) is 0 Å². The summed E-state index contributed by atoms with van der Waals surface area (Å²) in [6, 6.07) is 4.37. The van der Waals surface area contributed by atoms with Crippen molar-refractivity contribution in [2.45, 2.75) is 24.0 Å². The lowest BCUT2D eigenvalue weighted by Crippen LogP contribution is -2.51. The zero-order valence-electron chi connectivity index (χ0n) is 11.0. The monoisotopic (exact) mass is 364 g/mol. The third-order valence-electron chi connectivity index (χ3n) is 3.21. The highest BCUT2D eigenvalue weighted by Crippen LogP contribution is 2.28. The second kappa shape index (κ2) is 5.98. The molecule has 2 atom stereocenters. The predicted molar refractivity (Wildman–Crippen MR) is 78.7 cm³/mol. The number of morpholine rings is 1. The zero-order chi connectivity index (χ0) is 14.9. The van der Waals surface area contributed by atoms with E-state index in [9.17, 15) is 8.42 Å². The molecule has 0 radical (unpaired) electrons. The first-order chi connectivity index (χ1) is 9.36. The van der Waals surface area contributed by atoms with Gasteiger partial charge in [0, 0.05) is 17.1 Å². The van der Waals surface area contributed by atoms with Crippen molar-refractivity contribution in [3.63, 3.8) is 0 Å². The number of nitrogen functional groups attached to an aromatic ring is 1. The predicted octanol–water partition coefficient (Wildman–Crippen LogP) is 0.802. The molecule has 6 nitrogen and oxygen atoms in total. The van der Waals surface area contributed by atoms with Crippen molar-refractivity contribution in [1.29, 1.82) is 0 Å². The summed E-state index contributed by atoms with van der Waals surface area (Å²) in [7, 11) is -3.71. The number of hydrogen-bond donors (Lipinski definition) is 2. The summed E-state index contributed by atoms with van der Waals surface area (Å²) in [4.78, 5) is 0.0751. The number of anilines is 1. The Hall–Kier alpha value is -0.670. The van der Waals surface area contributed by atoms with Gasteiger partial charge in [-0.25, -0.2) is 8.42 Å². The third kappa shape index (κ3) is 2.99. The molecule has 0 aliphatic carbocycles. The van der Waals surface area contributed by atoms with Crippen LogP contribution in [-0.4, -0.2) is 49.7 Å². The highest BCUT2D eigenvalue weighted by atomic mass is 79.9. The van der Waals surface area contributed by atoms with Crippen molar-refractivity contribution in [2.75, 3.05) is 25.5 Å². The minimum absolute atomic E-state index is 0.0751. The molecule has 1 saturated heterocycles. The molecule has 2 unspecified atom stereocenters. The van der Waals surface area contributed by atoms with E-state index in [2.05, 4.69) is 15.9 Å². The fourth-order valence-electron chi connectivity index (χ4n) is 2.12. The molecule has 1 aromatic carbocycles. The van der Waals surface area contributed by atoms with Gasteiger partial charge in [0.25, 0.3) is 0 Å². The SMILES string of the molecule is CC1COC(CO)CN1S(=O)(=O)c1ccc(Br)cc1N. The quantitative estimate of drug-likeness (QED) is 0.773. The fraction of sp³-hybridized carbons (Fsp3) is 0.500. The summed E-state index contributed by atoms with van der Waals surface area (Å²) in [5.41, 5.74) is 6.00. The Morgan fingerprint density at radius 2 is 2.25 bits per heavy atom. The molecule has 0 aromatic heterocycles. The van der Waals surface area contributed by atoms with Crippen molar-refractivity contribution in [3.05, 3.63) is 22.7 Å². The topological polar surface area (TPSA) is 92.9 Å². The summed E-state index contributed by atoms with van der Waals surface area (Å²) in [5, 5.41) is 9.14. The van der Waals surface area contributed by atoms with E-state index in [-0.39, 0.29) is 36.4 Å². The molecule has 0 spiro atoms. The van der Waals surface area contributed by atoms with Crippen LogP contribution in [0.15, 0.2) is 27.6 Å². The average molecular weight is 365 g/mol. The van der Waals surface area contributed by atoms with E-state index >= 15 is 0 Å². The van der Waals surface area contributed by atoms with Crippen molar-refractivity contribution >= 4 is 31.6 Å². The normalized spacial score (nSPS) is 24.8. The van der Waals surface area contributed by atoms with Gasteiger partial charge in [0.1, 0.15) is 4.90 Å². The van der Waals surface area contributed by atoms with Crippen LogP contribution in [-0.2, 0) is 14.8 Å². The summed E-state index contributed by atoms with van der Waals surface area (Å²) >= 11 is 3.25. The lowest BCUT2D eigenvalue weighted by molar-refractivity contribution is -0.0516. The fourth-order valence-corrected chi connectivity index (χ4v) is 4.24. The number of nitrogens with two attached hydrogens (primary N) is 1. The number of halogens is 1. The van der Waals surface area contributed by atoms with E-state index in [1.165, 1.54) is 10.4 Å². The van der Waals surface area contributed by atoms with E-state index in [1.807, 2.05) is 0 Å². The maximum atomic E-state index is 12.7. The Balaban J connectivity index is 2.38. The van der Waals surface area contributed by atoms with Crippen LogP contribution in [0.4, 0.5) is 5.69 Å². The minimum Gasteiger partial charge on any atom is -0.398 e. The zero-order valence-corrected chi connectivity index (χ0v) is 13.4. The van der Waals surface area contributed by atoms with E-state index in [0.29, 0.717) is 0 Å². The van der Waals surface area contributed by atoms with E-state index in [1.54, 1.807) is 19.1 Å². The average Bonchev–Trinajstić information content (AvgIpc) is 2.38. The minimum atomic E-state index is -3.71. The van der Waals surface area contributed by atoms with Gasteiger partial charge >= 0.3 is 0 Å². The number of hydrogen-bond acceptors (Lipinski definition) is 5. The molecule has 112 valence electrons. The van der Waals surface area contributed by atoms with Gasteiger partial charge in [0.2, 0.25) is 10.0 Å². The lowest BCUT2D eigenvalue weighted by Gasteiger charge is -2.36. The summed E-state index contributed by atoms with van der Waals surface area (Å²) < 4.78 is 32.8. The Kier molecular flexibility index (Phi) is 4.70. The molecule has 1 aliphatic rings. The van der Waals surface area contributed by atoms with Crippen molar-refractivity contribution in [2.24, 2.45) is 0 Å². The molecule has 20 heavy (non-hydrogen) atoms. The van der Waals surface area contributed by atoms with E-state index in [0.717, 1.165) is 4.47 Å². The van der Waals surface area contributed by atoms with E-state index in [4.69, 9.17) is 15.6 Å². The van der Waals surface area contributed by atoms with Crippen molar-refractivity contribution in [3.8, 4) is 0 Å². The first-order valence-corrected chi connectivity index (χ1v) is 8.39. The smallest absolute Gasteiger partial charge is 0.245 e. The van der Waals surface area contributed by atoms with E-state index < -0.39 is 16.1 Å². The number of ether oxygens (including phenoxy) is 1. The van der Waals surface area contributed by atoms with Crippen LogP contribution in [0.5, 0.6) is 0 Å². The van der Waals surface area contributed by atoms with Gasteiger partial charge in [-0.3, -0.25) is 0 Å². The van der Waals surface area contributed by atoms with Crippen LogP contribution >= 0.6 is 15.9 Å². The number of rotatable bonds is 3. The standard InChI is InChI=1S/C12H17BrN2O4S/c1-8-7-19-10(6-16)5-15(8)20(17,18)12-3-2-9(13)4-11(12)14/h2-4,8,10,16H,5-7,14H2,1H3. The molecule has 0 amide bonds. The maximum absolute atomic E-state index is 12.7. The second-order valence-electron chi connectivity index (χ2n) is 4.74. The van der Waals surface area contributed by atoms with Gasteiger partial charge in [-0.2, -0.15) is 4.31 Å². The van der Waals surface area contributed by atoms with Gasteiger partial charge in [0.15, 0.2) is 0 Å². The number of benzene rings is 1. The molecule has 0 saturated carbocycles. The Morgan fingerprint density at radius 3 is 2.85 bits per heavy atom. The summed E-state index contributed by atoms with van der Waals surface area (Å²) in [6.07, 6.45) is -0.502. The second-order valence-corrected chi connectivity index (χ2v) is 7.52. The third-order valence-corrected chi connectivity index (χ3v) is 5.76. The molecule has 1 aromatic rings. The van der Waals surface area contributed by atoms with Crippen LogP contribution < -0.4 is 5.73 Å². The Bertz CT molecular complexity index is 593. The van der Waals surface area contributed by atoms with Crippen LogP contribution in [0.1, 0.15) is 6.92 Å². The molecule has 3 N–H and O–H groups in total. The van der Waals surface area contributed by atoms with Gasteiger partial charge in [-0.1, -0.05) is 15.9 Å². The maximum Gasteiger partial charge on any atom is 0.245 e. The number of nitrogens with zero attached hydrogens (tertiary/aromatic N) is 1. The number of aliphatic hydroxyl groups is 1. The van der Waals surface area contributed by atoms with Gasteiger partial charge in [-0.05, 0) is 25.1 Å². The number of sulfonamides is 1. The molecule has 1 fully saturated rings. The molecule has 1 aliphatic heterocycles. The molecular weight excluding hydrogens is 348 g/mol. The van der Waals surface area contributed by atoms with Crippen molar-refractivity contribution in [1.82, 2.24) is 4.31 Å². The molecular formula is C12H17BrN2O4S. The summed E-state index contributed by atoms with van der Waals surface area (Å²) in [5.74, 6) is 0. The van der Waals surface area contributed by atoms with Gasteiger partial charge in [-0.15, -0.1) is 0 Å².